The number of nitrogens with zero attached hydrogens (tertiary/aromatic N) is 6. The summed E-state index contributed by atoms with van der Waals surface area (Å²) in [7, 11) is 0. The predicted molar refractivity (Wildman–Crippen MR) is 147 cm³/mol. The lowest BCUT2D eigenvalue weighted by atomic mass is 10.0. The minimum absolute atomic E-state index is 0.0533. The Labute approximate surface area is 227 Å². The first kappa shape index (κ1) is 27.5. The van der Waals surface area contributed by atoms with Crippen LogP contribution in [0.4, 0.5) is 26.2 Å². The van der Waals surface area contributed by atoms with E-state index in [-0.39, 0.29) is 24.7 Å². The van der Waals surface area contributed by atoms with E-state index in [9.17, 15) is 5.11 Å². The van der Waals surface area contributed by atoms with Gasteiger partial charge < -0.3 is 30.7 Å². The number of fused-ring (bicyclic) bond motifs is 1. The van der Waals surface area contributed by atoms with Gasteiger partial charge in [0.15, 0.2) is 11.3 Å². The summed E-state index contributed by atoms with van der Waals surface area (Å²) in [6.07, 6.45) is 6.36. The molecule has 12 heteroatoms. The fourth-order valence-corrected chi connectivity index (χ4v) is 5.45. The van der Waals surface area contributed by atoms with Crippen molar-refractivity contribution in [2.45, 2.75) is 57.7 Å². The molecular weight excluding hydrogens is 506 g/mol. The molecule has 1 aromatic carbocycles. The zero-order chi connectivity index (χ0) is 27.4. The van der Waals surface area contributed by atoms with Gasteiger partial charge in [-0.05, 0) is 37.8 Å². The van der Waals surface area contributed by atoms with Crippen LogP contribution in [0.15, 0.2) is 18.3 Å². The number of unbranched alkanes of at least 4 members (excludes halogenated alkanes) is 1. The monoisotopic (exact) mass is 544 g/mol. The number of anilines is 3. The molecule has 0 unspecified atom stereocenters. The fraction of sp³-hybridized carbons (Fsp3) is 0.593. The Morgan fingerprint density at radius 3 is 2.56 bits per heavy atom. The number of aliphatic hydroxyl groups is 1. The number of nitrogen functional groups attached to an aromatic ring is 1. The van der Waals surface area contributed by atoms with E-state index in [1.807, 2.05) is 9.80 Å². The van der Waals surface area contributed by atoms with Crippen molar-refractivity contribution in [3.8, 4) is 0 Å². The second kappa shape index (κ2) is 12.4. The number of hydrogen-bond acceptors (Lipinski definition) is 9. The standard InChI is InChI=1S/C27H38F2N8O2/c1-2-3-7-36(10-11-38)26-25-24(32-27(30)33-26)16-37(34-25)15-21-22(28)13-20(14-23(21)29)35-8-4-18(5-9-35)31-19-6-12-39-17-19/h13-14,16,18-19,31,38H,2-12,15,17H2,1H3,(H2,30,32)/t19-/m1/s1. The smallest absolute Gasteiger partial charge is 0.222 e. The summed E-state index contributed by atoms with van der Waals surface area (Å²) >= 11 is 0. The van der Waals surface area contributed by atoms with Crippen LogP contribution in [0.1, 0.15) is 44.6 Å². The van der Waals surface area contributed by atoms with Crippen molar-refractivity contribution >= 4 is 28.5 Å². The molecule has 212 valence electrons. The molecule has 0 spiro atoms. The quantitative estimate of drug-likeness (QED) is 0.335. The third kappa shape index (κ3) is 6.39. The maximum Gasteiger partial charge on any atom is 0.222 e. The molecular formula is C27H38F2N8O2. The molecule has 3 aromatic rings. The van der Waals surface area contributed by atoms with Crippen LogP contribution in [0.5, 0.6) is 0 Å². The minimum Gasteiger partial charge on any atom is -0.395 e. The second-order valence-electron chi connectivity index (χ2n) is 10.4. The lowest BCUT2D eigenvalue weighted by molar-refractivity contribution is 0.186. The Morgan fingerprint density at radius 1 is 1.13 bits per heavy atom. The Hall–Kier alpha value is -3.09. The first-order chi connectivity index (χ1) is 18.9. The molecule has 2 fully saturated rings. The van der Waals surface area contributed by atoms with Gasteiger partial charge in [0.25, 0.3) is 0 Å². The first-order valence-electron chi connectivity index (χ1n) is 13.9. The van der Waals surface area contributed by atoms with Gasteiger partial charge in [-0.1, -0.05) is 13.3 Å². The predicted octanol–water partition coefficient (Wildman–Crippen LogP) is 2.68. The maximum absolute atomic E-state index is 15.2. The Bertz CT molecular complexity index is 1240. The molecule has 2 saturated heterocycles. The third-order valence-electron chi connectivity index (χ3n) is 7.57. The number of hydrogen-bond donors (Lipinski definition) is 3. The van der Waals surface area contributed by atoms with Crippen LogP contribution < -0.4 is 20.9 Å². The van der Waals surface area contributed by atoms with E-state index in [0.29, 0.717) is 47.7 Å². The number of nitrogens with one attached hydrogen (secondary N) is 1. The number of piperidine rings is 1. The van der Waals surface area contributed by atoms with Crippen LogP contribution in [-0.4, -0.2) is 82.9 Å². The number of ether oxygens (including phenoxy) is 1. The van der Waals surface area contributed by atoms with Crippen molar-refractivity contribution < 1.29 is 18.6 Å². The fourth-order valence-electron chi connectivity index (χ4n) is 5.45. The molecule has 2 aliphatic heterocycles. The molecule has 0 aliphatic carbocycles. The molecule has 2 aromatic heterocycles. The average molecular weight is 545 g/mol. The van der Waals surface area contributed by atoms with Crippen LogP contribution in [0.25, 0.3) is 11.0 Å². The zero-order valence-corrected chi connectivity index (χ0v) is 22.5. The number of rotatable bonds is 11. The van der Waals surface area contributed by atoms with Crippen molar-refractivity contribution in [2.75, 3.05) is 61.5 Å². The second-order valence-corrected chi connectivity index (χ2v) is 10.4. The topological polar surface area (TPSA) is 118 Å². The third-order valence-corrected chi connectivity index (χ3v) is 7.57. The van der Waals surface area contributed by atoms with E-state index in [1.54, 1.807) is 6.20 Å². The highest BCUT2D eigenvalue weighted by molar-refractivity contribution is 5.86. The molecule has 2 aliphatic rings. The van der Waals surface area contributed by atoms with Crippen molar-refractivity contribution in [1.82, 2.24) is 25.1 Å². The highest BCUT2D eigenvalue weighted by atomic mass is 19.1. The van der Waals surface area contributed by atoms with E-state index in [0.717, 1.165) is 58.4 Å². The van der Waals surface area contributed by atoms with E-state index >= 15 is 8.78 Å². The van der Waals surface area contributed by atoms with Gasteiger partial charge in [0.2, 0.25) is 5.95 Å². The molecule has 0 amide bonds. The Kier molecular flexibility index (Phi) is 8.73. The van der Waals surface area contributed by atoms with Crippen molar-refractivity contribution in [3.63, 3.8) is 0 Å². The normalized spacial score (nSPS) is 18.4. The molecule has 1 atom stereocenters. The van der Waals surface area contributed by atoms with Crippen LogP contribution in [0.3, 0.4) is 0 Å². The van der Waals surface area contributed by atoms with Crippen LogP contribution in [-0.2, 0) is 11.3 Å². The summed E-state index contributed by atoms with van der Waals surface area (Å²) in [6, 6.07) is 3.63. The molecule has 39 heavy (non-hydrogen) atoms. The summed E-state index contributed by atoms with van der Waals surface area (Å²) < 4.78 is 37.4. The van der Waals surface area contributed by atoms with Gasteiger partial charge >= 0.3 is 0 Å². The summed E-state index contributed by atoms with van der Waals surface area (Å²) in [4.78, 5) is 12.6. The van der Waals surface area contributed by atoms with Crippen molar-refractivity contribution in [1.29, 1.82) is 0 Å². The lowest BCUT2D eigenvalue weighted by Gasteiger charge is -2.35. The summed E-state index contributed by atoms with van der Waals surface area (Å²) in [5, 5.41) is 17.8. The molecule has 0 saturated carbocycles. The van der Waals surface area contributed by atoms with E-state index in [2.05, 4.69) is 27.3 Å². The summed E-state index contributed by atoms with van der Waals surface area (Å²) in [5.74, 6) is -0.630. The summed E-state index contributed by atoms with van der Waals surface area (Å²) in [5.41, 5.74) is 7.40. The largest absolute Gasteiger partial charge is 0.395 e. The molecule has 10 nitrogen and oxygen atoms in total. The molecule has 0 bridgehead atoms. The Morgan fingerprint density at radius 2 is 1.90 bits per heavy atom. The van der Waals surface area contributed by atoms with Crippen molar-refractivity contribution in [2.24, 2.45) is 0 Å². The minimum atomic E-state index is -0.608. The van der Waals surface area contributed by atoms with Gasteiger partial charge in [0.05, 0.1) is 26.0 Å². The molecule has 0 radical (unpaired) electrons. The van der Waals surface area contributed by atoms with Gasteiger partial charge in [0.1, 0.15) is 17.2 Å². The van der Waals surface area contributed by atoms with Gasteiger partial charge in [-0.15, -0.1) is 0 Å². The lowest BCUT2D eigenvalue weighted by Crippen LogP contribution is -2.46. The number of benzene rings is 1. The van der Waals surface area contributed by atoms with Gasteiger partial charge in [0, 0.05) is 56.1 Å². The Balaban J connectivity index is 1.31. The SMILES string of the molecule is CCCCN(CCO)c1nc(N)nc2cn(Cc3c(F)cc(N4CCC(N[C@@H]5CCOC5)CC4)cc3F)nc12. The first-order valence-corrected chi connectivity index (χ1v) is 13.9. The van der Waals surface area contributed by atoms with Crippen LogP contribution in [0, 0.1) is 11.6 Å². The number of aliphatic hydroxyl groups excluding tert-OH is 1. The number of nitrogens with two attached hydrogens (primary N) is 1. The van der Waals surface area contributed by atoms with Gasteiger partial charge in [-0.3, -0.25) is 4.68 Å². The zero-order valence-electron chi connectivity index (χ0n) is 22.5. The molecule has 5 rings (SSSR count). The maximum atomic E-state index is 15.2. The van der Waals surface area contributed by atoms with Crippen molar-refractivity contribution in [3.05, 3.63) is 35.5 Å². The number of aromatic nitrogens is 4. The van der Waals surface area contributed by atoms with Gasteiger partial charge in [-0.25, -0.2) is 13.8 Å². The van der Waals surface area contributed by atoms with E-state index in [1.165, 1.54) is 16.8 Å². The van der Waals surface area contributed by atoms with Crippen LogP contribution >= 0.6 is 0 Å². The highest BCUT2D eigenvalue weighted by Gasteiger charge is 2.25. The highest BCUT2D eigenvalue weighted by Crippen LogP contribution is 2.28. The summed E-state index contributed by atoms with van der Waals surface area (Å²) in [6.45, 7) is 5.99. The van der Waals surface area contributed by atoms with E-state index < -0.39 is 11.6 Å². The molecule has 4 heterocycles. The van der Waals surface area contributed by atoms with Crippen LogP contribution in [0.2, 0.25) is 0 Å². The van der Waals surface area contributed by atoms with Gasteiger partial charge in [-0.2, -0.15) is 10.1 Å². The van der Waals surface area contributed by atoms with E-state index in [4.69, 9.17) is 10.5 Å². The number of halogens is 2. The average Bonchev–Trinajstić information content (AvgIpc) is 3.58. The molecule has 4 N–H and O–H groups in total.